The Hall–Kier alpha value is -1.51. The monoisotopic (exact) mass is 348 g/mol. The SMILES string of the molecule is CCCCCCCCCCCCCCCC(=O)c1cc(O)ccc1O. The first kappa shape index (κ1) is 21.5. The Morgan fingerprint density at radius 3 is 1.76 bits per heavy atom. The standard InChI is InChI=1S/C22H36O3/c1-2-3-4-5-6-7-8-9-10-11-12-13-14-15-21(24)20-18-19(23)16-17-22(20)25/h16-18,23,25H,2-15H2,1H3. The number of hydrogen-bond acceptors (Lipinski definition) is 3. The first-order chi connectivity index (χ1) is 12.1. The number of unbranched alkanes of at least 4 members (excludes halogenated alkanes) is 12. The Kier molecular flexibility index (Phi) is 11.8. The molecule has 25 heavy (non-hydrogen) atoms. The third-order valence-corrected chi connectivity index (χ3v) is 4.79. The fourth-order valence-electron chi connectivity index (χ4n) is 3.19. The van der Waals surface area contributed by atoms with E-state index in [4.69, 9.17) is 0 Å². The van der Waals surface area contributed by atoms with Gasteiger partial charge in [0.1, 0.15) is 11.5 Å². The molecule has 142 valence electrons. The topological polar surface area (TPSA) is 57.5 Å². The van der Waals surface area contributed by atoms with Gasteiger partial charge < -0.3 is 10.2 Å². The van der Waals surface area contributed by atoms with E-state index in [0.717, 1.165) is 12.8 Å². The second-order valence-electron chi connectivity index (χ2n) is 7.12. The van der Waals surface area contributed by atoms with E-state index in [1.807, 2.05) is 0 Å². The van der Waals surface area contributed by atoms with Gasteiger partial charge in [0, 0.05) is 6.42 Å². The summed E-state index contributed by atoms with van der Waals surface area (Å²) in [5.74, 6) is -0.111. The minimum absolute atomic E-state index is 0.0199. The van der Waals surface area contributed by atoms with E-state index in [9.17, 15) is 15.0 Å². The first-order valence-corrected chi connectivity index (χ1v) is 10.2. The lowest BCUT2D eigenvalue weighted by molar-refractivity contribution is 0.0976. The minimum atomic E-state index is -0.0866. The highest BCUT2D eigenvalue weighted by atomic mass is 16.3. The Labute approximate surface area is 153 Å². The Morgan fingerprint density at radius 1 is 0.760 bits per heavy atom. The van der Waals surface area contributed by atoms with E-state index in [1.54, 1.807) is 0 Å². The number of phenolic OH excluding ortho intramolecular Hbond substituents is 2. The highest BCUT2D eigenvalue weighted by Gasteiger charge is 2.11. The Morgan fingerprint density at radius 2 is 1.24 bits per heavy atom. The number of phenols is 2. The molecule has 3 nitrogen and oxygen atoms in total. The number of ketones is 1. The van der Waals surface area contributed by atoms with Gasteiger partial charge in [-0.2, -0.15) is 0 Å². The second-order valence-corrected chi connectivity index (χ2v) is 7.12. The molecule has 0 radical (unpaired) electrons. The zero-order valence-corrected chi connectivity index (χ0v) is 15.9. The molecule has 0 atom stereocenters. The molecule has 0 spiro atoms. The lowest BCUT2D eigenvalue weighted by Gasteiger charge is -2.05. The molecular weight excluding hydrogens is 312 g/mol. The summed E-state index contributed by atoms with van der Waals surface area (Å²) in [6.45, 7) is 2.26. The summed E-state index contributed by atoms with van der Waals surface area (Å²) in [6, 6.07) is 4.10. The quantitative estimate of drug-likeness (QED) is 0.209. The van der Waals surface area contributed by atoms with Gasteiger partial charge >= 0.3 is 0 Å². The highest BCUT2D eigenvalue weighted by Crippen LogP contribution is 2.24. The van der Waals surface area contributed by atoms with Crippen LogP contribution in [0.1, 0.15) is 107 Å². The average molecular weight is 349 g/mol. The van der Waals surface area contributed by atoms with Gasteiger partial charge in [-0.1, -0.05) is 84.0 Å². The van der Waals surface area contributed by atoms with Crippen LogP contribution in [-0.4, -0.2) is 16.0 Å². The zero-order chi connectivity index (χ0) is 18.3. The van der Waals surface area contributed by atoms with Crippen molar-refractivity contribution in [3.8, 4) is 11.5 Å². The number of carbonyl (C=O) groups excluding carboxylic acids is 1. The van der Waals surface area contributed by atoms with Gasteiger partial charge in [0.15, 0.2) is 5.78 Å². The molecule has 2 N–H and O–H groups in total. The predicted octanol–water partition coefficient (Wildman–Crippen LogP) is 6.76. The number of rotatable bonds is 15. The molecule has 0 aliphatic heterocycles. The second kappa shape index (κ2) is 13.7. The lowest BCUT2D eigenvalue weighted by Crippen LogP contribution is -1.99. The maximum Gasteiger partial charge on any atom is 0.166 e. The molecular formula is C22H36O3. The van der Waals surface area contributed by atoms with Crippen molar-refractivity contribution in [2.24, 2.45) is 0 Å². The van der Waals surface area contributed by atoms with Gasteiger partial charge in [-0.05, 0) is 24.6 Å². The summed E-state index contributed by atoms with van der Waals surface area (Å²) in [5, 5.41) is 19.1. The number of aromatic hydroxyl groups is 2. The molecule has 0 amide bonds. The molecule has 0 aliphatic rings. The van der Waals surface area contributed by atoms with Crippen LogP contribution >= 0.6 is 0 Å². The average Bonchev–Trinajstić information content (AvgIpc) is 2.61. The van der Waals surface area contributed by atoms with E-state index in [2.05, 4.69) is 6.92 Å². The molecule has 1 aromatic carbocycles. The number of Topliss-reactive ketones (excluding diaryl/α,β-unsaturated/α-hetero) is 1. The van der Waals surface area contributed by atoms with Crippen LogP contribution in [0.5, 0.6) is 11.5 Å². The van der Waals surface area contributed by atoms with Gasteiger partial charge in [-0.25, -0.2) is 0 Å². The fourth-order valence-corrected chi connectivity index (χ4v) is 3.19. The molecule has 1 rings (SSSR count). The van der Waals surface area contributed by atoms with Crippen molar-refractivity contribution in [3.63, 3.8) is 0 Å². The van der Waals surface area contributed by atoms with Crippen LogP contribution in [0.15, 0.2) is 18.2 Å². The highest BCUT2D eigenvalue weighted by molar-refractivity contribution is 5.98. The van der Waals surface area contributed by atoms with E-state index in [1.165, 1.54) is 88.8 Å². The van der Waals surface area contributed by atoms with Gasteiger partial charge in [-0.15, -0.1) is 0 Å². The van der Waals surface area contributed by atoms with E-state index < -0.39 is 0 Å². The van der Waals surface area contributed by atoms with Crippen LogP contribution in [-0.2, 0) is 0 Å². The predicted molar refractivity (Wildman–Crippen MR) is 104 cm³/mol. The smallest absolute Gasteiger partial charge is 0.166 e. The van der Waals surface area contributed by atoms with Crippen LogP contribution in [0.4, 0.5) is 0 Å². The van der Waals surface area contributed by atoms with Crippen molar-refractivity contribution in [2.75, 3.05) is 0 Å². The van der Waals surface area contributed by atoms with Crippen molar-refractivity contribution in [1.82, 2.24) is 0 Å². The molecule has 0 fully saturated rings. The summed E-state index contributed by atoms with van der Waals surface area (Å²) in [5.41, 5.74) is 0.235. The lowest BCUT2D eigenvalue weighted by atomic mass is 10.0. The third kappa shape index (κ3) is 10.2. The normalized spacial score (nSPS) is 10.9. The van der Waals surface area contributed by atoms with Crippen LogP contribution in [0.2, 0.25) is 0 Å². The van der Waals surface area contributed by atoms with E-state index in [-0.39, 0.29) is 22.8 Å². The maximum absolute atomic E-state index is 12.0. The van der Waals surface area contributed by atoms with Gasteiger partial charge in [0.2, 0.25) is 0 Å². The molecule has 0 aromatic heterocycles. The van der Waals surface area contributed by atoms with E-state index >= 15 is 0 Å². The molecule has 1 aromatic rings. The molecule has 0 unspecified atom stereocenters. The fraction of sp³-hybridized carbons (Fsp3) is 0.682. The van der Waals surface area contributed by atoms with Gasteiger partial charge in [-0.3, -0.25) is 4.79 Å². The van der Waals surface area contributed by atoms with Crippen LogP contribution < -0.4 is 0 Å². The summed E-state index contributed by atoms with van der Waals surface area (Å²) >= 11 is 0. The van der Waals surface area contributed by atoms with E-state index in [0.29, 0.717) is 6.42 Å². The summed E-state index contributed by atoms with van der Waals surface area (Å²) in [6.07, 6.45) is 17.1. The first-order valence-electron chi connectivity index (χ1n) is 10.2. The summed E-state index contributed by atoms with van der Waals surface area (Å²) < 4.78 is 0. The zero-order valence-electron chi connectivity index (χ0n) is 15.9. The van der Waals surface area contributed by atoms with Crippen molar-refractivity contribution >= 4 is 5.78 Å². The summed E-state index contributed by atoms with van der Waals surface area (Å²) in [4.78, 5) is 12.0. The molecule has 0 saturated heterocycles. The molecule has 3 heteroatoms. The summed E-state index contributed by atoms with van der Waals surface area (Å²) in [7, 11) is 0. The number of carbonyl (C=O) groups is 1. The molecule has 0 bridgehead atoms. The van der Waals surface area contributed by atoms with Gasteiger partial charge in [0.25, 0.3) is 0 Å². The van der Waals surface area contributed by atoms with Crippen LogP contribution in [0.25, 0.3) is 0 Å². The number of benzene rings is 1. The molecule has 0 saturated carbocycles. The maximum atomic E-state index is 12.0. The van der Waals surface area contributed by atoms with Crippen LogP contribution in [0, 0.1) is 0 Å². The van der Waals surface area contributed by atoms with Crippen molar-refractivity contribution < 1.29 is 15.0 Å². The Bertz CT molecular complexity index is 482. The third-order valence-electron chi connectivity index (χ3n) is 4.79. The largest absolute Gasteiger partial charge is 0.508 e. The van der Waals surface area contributed by atoms with Crippen LogP contribution in [0.3, 0.4) is 0 Å². The molecule has 0 heterocycles. The van der Waals surface area contributed by atoms with Crippen molar-refractivity contribution in [3.05, 3.63) is 23.8 Å². The molecule has 0 aliphatic carbocycles. The van der Waals surface area contributed by atoms with Crippen molar-refractivity contribution in [1.29, 1.82) is 0 Å². The number of hydrogen-bond donors (Lipinski definition) is 2. The minimum Gasteiger partial charge on any atom is -0.508 e. The Balaban J connectivity index is 1.95. The van der Waals surface area contributed by atoms with Gasteiger partial charge in [0.05, 0.1) is 5.56 Å². The van der Waals surface area contributed by atoms with Crippen molar-refractivity contribution in [2.45, 2.75) is 96.8 Å².